The minimum atomic E-state index is -4.62. The summed E-state index contributed by atoms with van der Waals surface area (Å²) in [5.74, 6) is -2.95. The molecular formula is C13H10F3N5O3. The van der Waals surface area contributed by atoms with Crippen molar-refractivity contribution in [3.63, 3.8) is 0 Å². The molecule has 1 N–H and O–H groups in total. The molecule has 0 fully saturated rings. The van der Waals surface area contributed by atoms with E-state index in [4.69, 9.17) is 5.11 Å². The molecule has 0 bridgehead atoms. The van der Waals surface area contributed by atoms with Crippen LogP contribution in [0, 0.1) is 0 Å². The van der Waals surface area contributed by atoms with Gasteiger partial charge in [0.05, 0.1) is 6.54 Å². The maximum absolute atomic E-state index is 12.8. The number of pyridine rings is 1. The normalized spacial score (nSPS) is 14.4. The molecule has 0 saturated heterocycles. The molecule has 1 aliphatic rings. The van der Waals surface area contributed by atoms with E-state index in [0.29, 0.717) is 0 Å². The molecule has 24 heavy (non-hydrogen) atoms. The van der Waals surface area contributed by atoms with Crippen molar-refractivity contribution in [2.75, 3.05) is 6.54 Å². The van der Waals surface area contributed by atoms with Gasteiger partial charge in [0.15, 0.2) is 5.82 Å². The van der Waals surface area contributed by atoms with Crippen LogP contribution >= 0.6 is 0 Å². The highest BCUT2D eigenvalue weighted by Gasteiger charge is 2.40. The Kier molecular flexibility index (Phi) is 3.70. The smallest absolute Gasteiger partial charge is 0.451 e. The lowest BCUT2D eigenvalue weighted by molar-refractivity contribution is -0.147. The third kappa shape index (κ3) is 2.79. The zero-order valence-corrected chi connectivity index (χ0v) is 12.0. The number of aromatic carboxylic acids is 1. The Morgan fingerprint density at radius 1 is 1.12 bits per heavy atom. The van der Waals surface area contributed by atoms with E-state index in [0.717, 1.165) is 4.57 Å². The number of carbonyl (C=O) groups is 2. The molecule has 1 amide bonds. The van der Waals surface area contributed by atoms with E-state index >= 15 is 0 Å². The number of hydrogen-bond donors (Lipinski definition) is 1. The second-order valence-corrected chi connectivity index (χ2v) is 5.03. The number of carboxylic acid groups (broad SMARTS) is 1. The van der Waals surface area contributed by atoms with Gasteiger partial charge in [-0.1, -0.05) is 6.07 Å². The number of carbonyl (C=O) groups excluding carboxylic acids is 1. The summed E-state index contributed by atoms with van der Waals surface area (Å²) < 4.78 is 39.3. The van der Waals surface area contributed by atoms with Crippen LogP contribution < -0.4 is 0 Å². The van der Waals surface area contributed by atoms with Crippen LogP contribution in [0.15, 0.2) is 18.2 Å². The van der Waals surface area contributed by atoms with Crippen molar-refractivity contribution in [3.05, 3.63) is 41.2 Å². The van der Waals surface area contributed by atoms with E-state index in [1.807, 2.05) is 0 Å². The van der Waals surface area contributed by atoms with Crippen LogP contribution in [-0.4, -0.2) is 48.2 Å². The summed E-state index contributed by atoms with van der Waals surface area (Å²) in [5, 5.41) is 15.5. The van der Waals surface area contributed by atoms with Gasteiger partial charge in [-0.25, -0.2) is 9.78 Å². The number of amides is 1. The summed E-state index contributed by atoms with van der Waals surface area (Å²) in [5.41, 5.74) is -0.390. The molecule has 8 nitrogen and oxygen atoms in total. The minimum Gasteiger partial charge on any atom is -0.477 e. The van der Waals surface area contributed by atoms with Crippen molar-refractivity contribution >= 4 is 11.9 Å². The molecule has 0 unspecified atom stereocenters. The first-order valence-corrected chi connectivity index (χ1v) is 6.76. The first-order valence-electron chi connectivity index (χ1n) is 6.76. The molecule has 0 saturated carbocycles. The van der Waals surface area contributed by atoms with Crippen molar-refractivity contribution in [1.82, 2.24) is 24.6 Å². The largest absolute Gasteiger partial charge is 0.477 e. The van der Waals surface area contributed by atoms with Crippen molar-refractivity contribution in [2.45, 2.75) is 19.3 Å². The zero-order chi connectivity index (χ0) is 17.5. The summed E-state index contributed by atoms with van der Waals surface area (Å²) in [6.07, 6.45) is -4.62. The van der Waals surface area contributed by atoms with Gasteiger partial charge in [-0.3, -0.25) is 4.79 Å². The molecule has 3 rings (SSSR count). The van der Waals surface area contributed by atoms with Gasteiger partial charge >= 0.3 is 12.1 Å². The van der Waals surface area contributed by atoms with Gasteiger partial charge in [0.1, 0.15) is 11.4 Å². The topological polar surface area (TPSA) is 101 Å². The molecule has 0 radical (unpaired) electrons. The van der Waals surface area contributed by atoms with Crippen molar-refractivity contribution in [2.24, 2.45) is 0 Å². The fourth-order valence-electron chi connectivity index (χ4n) is 2.38. The Bertz CT molecular complexity index is 817. The maximum Gasteiger partial charge on any atom is 0.451 e. The lowest BCUT2D eigenvalue weighted by Gasteiger charge is -2.27. The van der Waals surface area contributed by atoms with E-state index in [2.05, 4.69) is 15.2 Å². The summed E-state index contributed by atoms with van der Waals surface area (Å²) in [6, 6.07) is 3.95. The number of aromatic nitrogens is 4. The molecule has 126 valence electrons. The molecule has 11 heteroatoms. The van der Waals surface area contributed by atoms with Crippen LogP contribution in [0.2, 0.25) is 0 Å². The number of carboxylic acids is 1. The predicted molar refractivity (Wildman–Crippen MR) is 71.0 cm³/mol. The van der Waals surface area contributed by atoms with E-state index in [9.17, 15) is 22.8 Å². The second-order valence-electron chi connectivity index (χ2n) is 5.03. The van der Waals surface area contributed by atoms with Crippen LogP contribution in [0.25, 0.3) is 0 Å². The summed E-state index contributed by atoms with van der Waals surface area (Å²) in [6.45, 7) is -0.269. The molecule has 2 aromatic heterocycles. The number of hydrogen-bond acceptors (Lipinski definition) is 5. The monoisotopic (exact) mass is 341 g/mol. The van der Waals surface area contributed by atoms with Gasteiger partial charge in [0.2, 0.25) is 5.82 Å². The van der Waals surface area contributed by atoms with E-state index in [1.54, 1.807) is 0 Å². The first-order chi connectivity index (χ1) is 11.3. The molecule has 3 heterocycles. The van der Waals surface area contributed by atoms with Crippen LogP contribution in [0.5, 0.6) is 0 Å². The molecule has 0 aromatic carbocycles. The zero-order valence-electron chi connectivity index (χ0n) is 12.0. The maximum atomic E-state index is 12.8. The number of rotatable bonds is 2. The van der Waals surface area contributed by atoms with E-state index in [1.165, 1.54) is 23.1 Å². The fourth-order valence-corrected chi connectivity index (χ4v) is 2.38. The van der Waals surface area contributed by atoms with E-state index in [-0.39, 0.29) is 36.8 Å². The lowest BCUT2D eigenvalue weighted by Crippen LogP contribution is -2.39. The predicted octanol–water partition coefficient (Wildman–Crippen LogP) is 1.05. The van der Waals surface area contributed by atoms with Gasteiger partial charge in [-0.2, -0.15) is 13.2 Å². The van der Waals surface area contributed by atoms with Gasteiger partial charge in [-0.15, -0.1) is 10.2 Å². The molecule has 2 aromatic rings. The van der Waals surface area contributed by atoms with Crippen molar-refractivity contribution in [1.29, 1.82) is 0 Å². The molecule has 0 atom stereocenters. The Morgan fingerprint density at radius 3 is 2.50 bits per heavy atom. The molecular weight excluding hydrogens is 331 g/mol. The second kappa shape index (κ2) is 5.58. The summed E-state index contributed by atoms with van der Waals surface area (Å²) in [4.78, 5) is 28.3. The number of nitrogens with zero attached hydrogens (tertiary/aromatic N) is 5. The highest BCUT2D eigenvalue weighted by Crippen LogP contribution is 2.29. The van der Waals surface area contributed by atoms with Crippen molar-refractivity contribution < 1.29 is 27.9 Å². The van der Waals surface area contributed by atoms with Crippen LogP contribution in [0.4, 0.5) is 13.2 Å². The van der Waals surface area contributed by atoms with Gasteiger partial charge in [0, 0.05) is 13.1 Å². The quantitative estimate of drug-likeness (QED) is 0.876. The third-order valence-corrected chi connectivity index (χ3v) is 3.48. The summed E-state index contributed by atoms with van der Waals surface area (Å²) >= 11 is 0. The summed E-state index contributed by atoms with van der Waals surface area (Å²) in [7, 11) is 0. The van der Waals surface area contributed by atoms with Gasteiger partial charge in [0.25, 0.3) is 5.91 Å². The Balaban J connectivity index is 1.83. The Hall–Kier alpha value is -2.98. The molecule has 0 aliphatic carbocycles. The average Bonchev–Trinajstić information content (AvgIpc) is 2.97. The number of fused-ring (bicyclic) bond motifs is 1. The highest BCUT2D eigenvalue weighted by atomic mass is 19.4. The van der Waals surface area contributed by atoms with Gasteiger partial charge in [-0.05, 0) is 12.1 Å². The Labute approximate surface area is 132 Å². The highest BCUT2D eigenvalue weighted by molar-refractivity contribution is 5.94. The molecule has 0 spiro atoms. The van der Waals surface area contributed by atoms with Gasteiger partial charge < -0.3 is 14.6 Å². The number of alkyl halides is 3. The van der Waals surface area contributed by atoms with Crippen LogP contribution in [0.1, 0.15) is 32.6 Å². The Morgan fingerprint density at radius 2 is 1.83 bits per heavy atom. The standard InChI is InChI=1S/C13H10F3N5O3/c14-13(15,16)12-19-18-9-6-20(4-5-21(9)12)10(22)7-2-1-3-8(17-7)11(23)24/h1-3H,4-6H2,(H,23,24). The fraction of sp³-hybridized carbons (Fsp3) is 0.308. The minimum absolute atomic E-state index is 0.00589. The van der Waals surface area contributed by atoms with Crippen molar-refractivity contribution in [3.8, 4) is 0 Å². The third-order valence-electron chi connectivity index (χ3n) is 3.48. The van der Waals surface area contributed by atoms with Crippen LogP contribution in [-0.2, 0) is 19.3 Å². The number of halogens is 3. The lowest BCUT2D eigenvalue weighted by atomic mass is 10.2. The molecule has 1 aliphatic heterocycles. The SMILES string of the molecule is O=C(O)c1cccc(C(=O)N2CCn3c(nnc3C(F)(F)F)C2)n1. The first kappa shape index (κ1) is 15.9. The average molecular weight is 341 g/mol. The van der Waals surface area contributed by atoms with Crippen LogP contribution in [0.3, 0.4) is 0 Å². The van der Waals surface area contributed by atoms with E-state index < -0.39 is 23.9 Å².